The fourth-order valence-corrected chi connectivity index (χ4v) is 3.15. The van der Waals surface area contributed by atoms with E-state index in [4.69, 9.17) is 0 Å². The Morgan fingerprint density at radius 1 is 1.38 bits per heavy atom. The third-order valence-electron chi connectivity index (χ3n) is 4.39. The summed E-state index contributed by atoms with van der Waals surface area (Å²) in [6.07, 6.45) is 10.1. The monoisotopic (exact) mass is 309 g/mol. The van der Waals surface area contributed by atoms with Crippen LogP contribution in [-0.2, 0) is 0 Å². The summed E-state index contributed by atoms with van der Waals surface area (Å²) in [6.45, 7) is 0. The molecule has 0 aromatic heterocycles. The maximum Gasteiger partial charge on any atom is 0.198 e. The second-order valence-electron chi connectivity index (χ2n) is 5.49. The van der Waals surface area contributed by atoms with Gasteiger partial charge in [0.15, 0.2) is 12.0 Å². The summed E-state index contributed by atoms with van der Waals surface area (Å²) in [5.74, 6) is 0.406. The van der Waals surface area contributed by atoms with Crippen molar-refractivity contribution in [2.45, 2.75) is 31.7 Å². The number of carboxylic acid groups (broad SMARTS) is 1. The number of hydrogen-bond donors (Lipinski definition) is 1. The number of carbonyl (C=O) groups excluding carboxylic acids is 1. The third-order valence-corrected chi connectivity index (χ3v) is 4.39. The Labute approximate surface area is 130 Å². The number of carbonyl (C=O) groups is 1. The topological polar surface area (TPSA) is 72.5 Å². The van der Waals surface area contributed by atoms with Gasteiger partial charge in [-0.2, -0.15) is 0 Å². The highest BCUT2D eigenvalue weighted by Gasteiger charge is 2.33. The van der Waals surface area contributed by atoms with E-state index in [-0.39, 0.29) is 18.4 Å². The van der Waals surface area contributed by atoms with Crippen LogP contribution in [0.1, 0.15) is 25.7 Å². The van der Waals surface area contributed by atoms with Crippen molar-refractivity contribution < 1.29 is 27.2 Å². The SMILES string of the molecule is CN(C(=O)[O-])C1CCC(C2=C3C=NC=C[NH+]3C=N2)CC1.[Cl-]. The molecule has 1 saturated carbocycles. The van der Waals surface area contributed by atoms with E-state index in [1.807, 2.05) is 18.8 Å². The summed E-state index contributed by atoms with van der Waals surface area (Å²) in [7, 11) is 1.60. The average Bonchev–Trinajstić information content (AvgIpc) is 2.90. The van der Waals surface area contributed by atoms with E-state index in [0.717, 1.165) is 42.0 Å². The number of allylic oxidation sites excluding steroid dienone is 2. The molecule has 6 nitrogen and oxygen atoms in total. The Balaban J connectivity index is 0.00000161. The second-order valence-corrected chi connectivity index (χ2v) is 5.49. The molecule has 3 rings (SSSR count). The van der Waals surface area contributed by atoms with Crippen molar-refractivity contribution in [1.29, 1.82) is 0 Å². The molecular formula is C14H18ClN4O2-. The van der Waals surface area contributed by atoms with Crippen molar-refractivity contribution in [3.63, 3.8) is 0 Å². The first kappa shape index (κ1) is 15.7. The summed E-state index contributed by atoms with van der Waals surface area (Å²) in [5, 5.41) is 10.9. The van der Waals surface area contributed by atoms with Crippen LogP contribution in [0.25, 0.3) is 0 Å². The molecule has 21 heavy (non-hydrogen) atoms. The minimum Gasteiger partial charge on any atom is -1.00 e. The van der Waals surface area contributed by atoms with Crippen LogP contribution in [0.4, 0.5) is 4.79 Å². The van der Waals surface area contributed by atoms with Gasteiger partial charge >= 0.3 is 0 Å². The number of rotatable bonds is 2. The highest BCUT2D eigenvalue weighted by atomic mass is 35.5. The van der Waals surface area contributed by atoms with Gasteiger partial charge in [-0.05, 0) is 25.7 Å². The summed E-state index contributed by atoms with van der Waals surface area (Å²) >= 11 is 0. The highest BCUT2D eigenvalue weighted by molar-refractivity contribution is 5.81. The standard InChI is InChI=1S/C14H18N4O2.ClH/c1-17(14(19)20)11-4-2-10(3-5-11)13-12-8-15-6-7-18(12)9-16-13;/h6-11H,2-5H2,1H3,(H,19,20);1H/p-1. The number of quaternary nitrogens is 1. The van der Waals surface area contributed by atoms with Crippen molar-refractivity contribution in [2.24, 2.45) is 15.9 Å². The Kier molecular flexibility index (Phi) is 4.80. The molecule has 2 heterocycles. The zero-order chi connectivity index (χ0) is 14.1. The molecule has 1 fully saturated rings. The molecule has 0 aromatic carbocycles. The lowest BCUT2D eigenvalue weighted by atomic mass is 9.83. The van der Waals surface area contributed by atoms with Gasteiger partial charge in [-0.3, -0.25) is 4.99 Å². The van der Waals surface area contributed by atoms with Crippen LogP contribution in [-0.4, -0.2) is 36.6 Å². The zero-order valence-corrected chi connectivity index (χ0v) is 12.6. The molecule has 7 heteroatoms. The number of halogens is 1. The molecule has 1 aliphatic carbocycles. The molecule has 1 unspecified atom stereocenters. The van der Waals surface area contributed by atoms with Crippen LogP contribution in [0.3, 0.4) is 0 Å². The molecule has 1 N–H and O–H groups in total. The van der Waals surface area contributed by atoms with E-state index in [2.05, 4.69) is 9.98 Å². The number of fused-ring (bicyclic) bond motifs is 1. The molecule has 1 atom stereocenters. The first-order valence-electron chi connectivity index (χ1n) is 6.96. The van der Waals surface area contributed by atoms with Crippen LogP contribution in [0.2, 0.25) is 0 Å². The van der Waals surface area contributed by atoms with E-state index in [1.165, 1.54) is 4.90 Å². The molecule has 114 valence electrons. The van der Waals surface area contributed by atoms with E-state index >= 15 is 0 Å². The van der Waals surface area contributed by atoms with Crippen LogP contribution >= 0.6 is 0 Å². The molecule has 0 bridgehead atoms. The van der Waals surface area contributed by atoms with Crippen molar-refractivity contribution in [3.8, 4) is 0 Å². The van der Waals surface area contributed by atoms with Gasteiger partial charge in [0.25, 0.3) is 0 Å². The van der Waals surface area contributed by atoms with E-state index in [9.17, 15) is 9.90 Å². The van der Waals surface area contributed by atoms with Crippen LogP contribution in [0.15, 0.2) is 33.8 Å². The summed E-state index contributed by atoms with van der Waals surface area (Å²) in [6, 6.07) is 0.0793. The average molecular weight is 310 g/mol. The first-order chi connectivity index (χ1) is 9.66. The van der Waals surface area contributed by atoms with Gasteiger partial charge in [0, 0.05) is 19.0 Å². The molecule has 1 amide bonds. The molecule has 2 aliphatic heterocycles. The zero-order valence-electron chi connectivity index (χ0n) is 11.8. The van der Waals surface area contributed by atoms with Gasteiger partial charge in [0.05, 0.1) is 12.4 Å². The second kappa shape index (κ2) is 6.41. The van der Waals surface area contributed by atoms with Gasteiger partial charge in [0.1, 0.15) is 18.0 Å². The lowest BCUT2D eigenvalue weighted by molar-refractivity contribution is -0.682. The van der Waals surface area contributed by atoms with Gasteiger partial charge in [-0.25, -0.2) is 9.89 Å². The Hall–Kier alpha value is -1.66. The fourth-order valence-electron chi connectivity index (χ4n) is 3.15. The van der Waals surface area contributed by atoms with E-state index < -0.39 is 6.09 Å². The van der Waals surface area contributed by atoms with E-state index in [0.29, 0.717) is 5.92 Å². The molecule has 0 saturated heterocycles. The first-order valence-corrected chi connectivity index (χ1v) is 6.96. The molecule has 0 aromatic rings. The van der Waals surface area contributed by atoms with Crippen LogP contribution < -0.4 is 22.4 Å². The number of amides is 1. The van der Waals surface area contributed by atoms with Crippen molar-refractivity contribution in [3.05, 3.63) is 23.8 Å². The predicted molar refractivity (Wildman–Crippen MR) is 73.0 cm³/mol. The maximum atomic E-state index is 10.9. The summed E-state index contributed by atoms with van der Waals surface area (Å²) in [4.78, 5) is 22.0. The number of hydrogen-bond acceptors (Lipinski definition) is 4. The number of nitrogens with zero attached hydrogens (tertiary/aromatic N) is 3. The summed E-state index contributed by atoms with van der Waals surface area (Å²) in [5.41, 5.74) is 2.24. The molecular weight excluding hydrogens is 292 g/mol. The maximum absolute atomic E-state index is 10.9. The minimum atomic E-state index is -1.09. The largest absolute Gasteiger partial charge is 1.00 e. The quantitative estimate of drug-likeness (QED) is 0.575. The van der Waals surface area contributed by atoms with Gasteiger partial charge < -0.3 is 27.2 Å². The van der Waals surface area contributed by atoms with Gasteiger partial charge in [-0.1, -0.05) is 0 Å². The van der Waals surface area contributed by atoms with Crippen LogP contribution in [0, 0.1) is 5.92 Å². The lowest BCUT2D eigenvalue weighted by Gasteiger charge is -2.35. The summed E-state index contributed by atoms with van der Waals surface area (Å²) < 4.78 is 0. The van der Waals surface area contributed by atoms with Gasteiger partial charge in [0.2, 0.25) is 0 Å². The molecule has 0 radical (unpaired) electrons. The Bertz CT molecular complexity index is 533. The van der Waals surface area contributed by atoms with Crippen molar-refractivity contribution >= 4 is 18.6 Å². The van der Waals surface area contributed by atoms with Crippen molar-refractivity contribution in [2.75, 3.05) is 7.05 Å². The predicted octanol–water partition coefficient (Wildman–Crippen LogP) is -3.48. The smallest absolute Gasteiger partial charge is 0.198 e. The fraction of sp³-hybridized carbons (Fsp3) is 0.500. The molecule has 0 spiro atoms. The Morgan fingerprint density at radius 3 is 2.76 bits per heavy atom. The van der Waals surface area contributed by atoms with E-state index in [1.54, 1.807) is 13.2 Å². The van der Waals surface area contributed by atoms with Gasteiger partial charge in [-0.15, -0.1) is 0 Å². The Morgan fingerprint density at radius 2 is 2.10 bits per heavy atom. The number of nitrogens with one attached hydrogen (secondary N) is 1. The number of aliphatic imine (C=N–C) groups is 2. The van der Waals surface area contributed by atoms with Crippen molar-refractivity contribution in [1.82, 2.24) is 4.90 Å². The lowest BCUT2D eigenvalue weighted by Crippen LogP contribution is -3.04. The molecule has 3 aliphatic rings. The van der Waals surface area contributed by atoms with Crippen LogP contribution in [0.5, 0.6) is 0 Å². The highest BCUT2D eigenvalue weighted by Crippen LogP contribution is 2.33. The third kappa shape index (κ3) is 3.01. The minimum absolute atomic E-state index is 0. The normalized spacial score (nSPS) is 30.0.